The van der Waals surface area contributed by atoms with Crippen LogP contribution in [0.1, 0.15) is 17.3 Å². The summed E-state index contributed by atoms with van der Waals surface area (Å²) in [6.45, 7) is 1.47. The molecule has 0 saturated carbocycles. The maximum Gasteiger partial charge on any atom is 0.228 e. The first-order chi connectivity index (χ1) is 9.13. The van der Waals surface area contributed by atoms with E-state index < -0.39 is 0 Å². The average Bonchev–Trinajstić information content (AvgIpc) is 2.78. The maximum absolute atomic E-state index is 11.7. The Morgan fingerprint density at radius 2 is 1.95 bits per heavy atom. The van der Waals surface area contributed by atoms with Crippen LogP contribution in [0.25, 0.3) is 10.9 Å². The Morgan fingerprint density at radius 3 is 2.47 bits per heavy atom. The number of methoxy groups -OCH3 is 2. The van der Waals surface area contributed by atoms with Gasteiger partial charge in [-0.05, 0) is 17.7 Å². The fourth-order valence-corrected chi connectivity index (χ4v) is 2.19. The lowest BCUT2D eigenvalue weighted by Gasteiger charge is -2.09. The molecule has 0 N–H and O–H groups in total. The van der Waals surface area contributed by atoms with Crippen molar-refractivity contribution in [2.75, 3.05) is 14.2 Å². The Hall–Kier alpha value is -2.48. The number of ether oxygens (including phenoxy) is 2. The zero-order valence-corrected chi connectivity index (χ0v) is 11.1. The van der Waals surface area contributed by atoms with Crippen LogP contribution in [-0.2, 0) is 6.42 Å². The molecule has 0 fully saturated rings. The molecule has 5 heteroatoms. The Balaban J connectivity index is 2.91. The normalized spacial score (nSPS) is 10.2. The molecule has 0 aliphatic rings. The number of nitrogens with zero attached hydrogens (tertiary/aromatic N) is 2. The first-order valence-electron chi connectivity index (χ1n) is 5.76. The van der Waals surface area contributed by atoms with Gasteiger partial charge in [0, 0.05) is 13.1 Å². The number of benzene rings is 1. The average molecular weight is 258 g/mol. The van der Waals surface area contributed by atoms with Crippen LogP contribution in [0.4, 0.5) is 0 Å². The van der Waals surface area contributed by atoms with E-state index in [9.17, 15) is 4.79 Å². The van der Waals surface area contributed by atoms with E-state index in [1.54, 1.807) is 32.5 Å². The van der Waals surface area contributed by atoms with E-state index in [0.717, 1.165) is 10.9 Å². The van der Waals surface area contributed by atoms with Crippen molar-refractivity contribution in [2.45, 2.75) is 13.3 Å². The van der Waals surface area contributed by atoms with Gasteiger partial charge < -0.3 is 9.47 Å². The minimum Gasteiger partial charge on any atom is -0.496 e. The lowest BCUT2D eigenvalue weighted by Crippen LogP contribution is -2.04. The van der Waals surface area contributed by atoms with Crippen molar-refractivity contribution >= 4 is 16.8 Å². The number of hydrogen-bond donors (Lipinski definition) is 0. The summed E-state index contributed by atoms with van der Waals surface area (Å²) in [5, 5.41) is 9.65. The van der Waals surface area contributed by atoms with E-state index in [0.29, 0.717) is 17.0 Å². The zero-order chi connectivity index (χ0) is 14.0. The molecule has 0 atom stereocenters. The maximum atomic E-state index is 11.7. The molecule has 0 bridgehead atoms. The van der Waals surface area contributed by atoms with Crippen LogP contribution in [0.2, 0.25) is 0 Å². The second-order valence-electron chi connectivity index (χ2n) is 4.07. The van der Waals surface area contributed by atoms with E-state index in [-0.39, 0.29) is 12.3 Å². The fourth-order valence-electron chi connectivity index (χ4n) is 2.19. The lowest BCUT2D eigenvalue weighted by molar-refractivity contribution is 0.0941. The fraction of sp³-hybridized carbons (Fsp3) is 0.286. The molecule has 0 aliphatic carbocycles. The van der Waals surface area contributed by atoms with Crippen molar-refractivity contribution in [1.82, 2.24) is 4.57 Å². The highest BCUT2D eigenvalue weighted by Crippen LogP contribution is 2.37. The quantitative estimate of drug-likeness (QED) is 0.847. The van der Waals surface area contributed by atoms with Crippen LogP contribution in [0.3, 0.4) is 0 Å². The second-order valence-corrected chi connectivity index (χ2v) is 4.07. The van der Waals surface area contributed by atoms with E-state index in [4.69, 9.17) is 14.7 Å². The predicted molar refractivity (Wildman–Crippen MR) is 70.7 cm³/mol. The summed E-state index contributed by atoms with van der Waals surface area (Å²) in [6.07, 6.45) is 1.88. The number of fused-ring (bicyclic) bond motifs is 1. The molecule has 1 aromatic heterocycles. The number of aromatic nitrogens is 1. The molecule has 5 nitrogen and oxygen atoms in total. The van der Waals surface area contributed by atoms with Crippen molar-refractivity contribution in [1.29, 1.82) is 5.26 Å². The molecule has 98 valence electrons. The van der Waals surface area contributed by atoms with E-state index >= 15 is 0 Å². The molecule has 1 heterocycles. The highest BCUT2D eigenvalue weighted by Gasteiger charge is 2.18. The van der Waals surface area contributed by atoms with Gasteiger partial charge in [0.25, 0.3) is 0 Å². The number of nitriles is 1. The standard InChI is InChI=1S/C14H14N2O3/c1-9(17)16-8-10(6-7-15)13-11(18-2)4-5-12(19-3)14(13)16/h4-5,8H,6H2,1-3H3. The molecular formula is C14H14N2O3. The number of rotatable bonds is 3. The Labute approximate surface area is 111 Å². The molecule has 0 radical (unpaired) electrons. The number of carbonyl (C=O) groups excluding carboxylic acids is 1. The van der Waals surface area contributed by atoms with Crippen molar-refractivity contribution in [2.24, 2.45) is 0 Å². The molecule has 0 aliphatic heterocycles. The van der Waals surface area contributed by atoms with Gasteiger partial charge in [0.1, 0.15) is 17.0 Å². The summed E-state index contributed by atoms with van der Waals surface area (Å²) in [6, 6.07) is 5.61. The third kappa shape index (κ3) is 2.02. The highest BCUT2D eigenvalue weighted by atomic mass is 16.5. The van der Waals surface area contributed by atoms with Gasteiger partial charge in [-0.25, -0.2) is 0 Å². The molecule has 0 unspecified atom stereocenters. The minimum atomic E-state index is -0.138. The highest BCUT2D eigenvalue weighted by molar-refractivity contribution is 6.00. The largest absolute Gasteiger partial charge is 0.496 e. The molecule has 0 amide bonds. The van der Waals surface area contributed by atoms with Crippen LogP contribution >= 0.6 is 0 Å². The zero-order valence-electron chi connectivity index (χ0n) is 11.1. The van der Waals surface area contributed by atoms with Gasteiger partial charge in [-0.15, -0.1) is 0 Å². The smallest absolute Gasteiger partial charge is 0.228 e. The first-order valence-corrected chi connectivity index (χ1v) is 5.76. The second kappa shape index (κ2) is 5.02. The van der Waals surface area contributed by atoms with Gasteiger partial charge in [0.05, 0.1) is 32.1 Å². The van der Waals surface area contributed by atoms with Gasteiger partial charge >= 0.3 is 0 Å². The Morgan fingerprint density at radius 1 is 1.32 bits per heavy atom. The Bertz CT molecular complexity index is 680. The third-order valence-electron chi connectivity index (χ3n) is 3.00. The van der Waals surface area contributed by atoms with Crippen molar-refractivity contribution < 1.29 is 14.3 Å². The topological polar surface area (TPSA) is 64.2 Å². The monoisotopic (exact) mass is 258 g/mol. The third-order valence-corrected chi connectivity index (χ3v) is 3.00. The van der Waals surface area contributed by atoms with Crippen molar-refractivity contribution in [3.8, 4) is 17.6 Å². The summed E-state index contributed by atoms with van der Waals surface area (Å²) >= 11 is 0. The predicted octanol–water partition coefficient (Wildman–Crippen LogP) is 2.38. The van der Waals surface area contributed by atoms with Gasteiger partial charge in [0.2, 0.25) is 5.91 Å². The van der Waals surface area contributed by atoms with Gasteiger partial charge in [-0.1, -0.05) is 0 Å². The number of hydrogen-bond acceptors (Lipinski definition) is 4. The van der Waals surface area contributed by atoms with Crippen molar-refractivity contribution in [3.63, 3.8) is 0 Å². The van der Waals surface area contributed by atoms with Crippen LogP contribution < -0.4 is 9.47 Å². The molecule has 1 aromatic carbocycles. The summed E-state index contributed by atoms with van der Waals surface area (Å²) in [5.41, 5.74) is 1.39. The van der Waals surface area contributed by atoms with E-state index in [1.807, 2.05) is 0 Å². The minimum absolute atomic E-state index is 0.138. The van der Waals surface area contributed by atoms with Crippen LogP contribution in [0, 0.1) is 11.3 Å². The molecule has 0 spiro atoms. The SMILES string of the molecule is COc1ccc(OC)c2c1c(CC#N)cn2C(C)=O. The van der Waals surface area contributed by atoms with E-state index in [1.165, 1.54) is 11.5 Å². The lowest BCUT2D eigenvalue weighted by atomic mass is 10.1. The summed E-state index contributed by atoms with van der Waals surface area (Å²) in [7, 11) is 3.10. The summed E-state index contributed by atoms with van der Waals surface area (Å²) in [4.78, 5) is 11.7. The molecule has 19 heavy (non-hydrogen) atoms. The van der Waals surface area contributed by atoms with Crippen LogP contribution in [0.5, 0.6) is 11.5 Å². The molecule has 0 saturated heterocycles. The first kappa shape index (κ1) is 13.0. The van der Waals surface area contributed by atoms with E-state index in [2.05, 4.69) is 6.07 Å². The Kier molecular flexibility index (Phi) is 3.43. The van der Waals surface area contributed by atoms with Crippen LogP contribution in [0.15, 0.2) is 18.3 Å². The molecule has 2 rings (SSSR count). The summed E-state index contributed by atoms with van der Waals surface area (Å²) < 4.78 is 12.1. The number of carbonyl (C=O) groups is 1. The molecular weight excluding hydrogens is 244 g/mol. The van der Waals surface area contributed by atoms with Crippen molar-refractivity contribution in [3.05, 3.63) is 23.9 Å². The summed E-state index contributed by atoms with van der Waals surface area (Å²) in [5.74, 6) is 1.07. The molecule has 2 aromatic rings. The van der Waals surface area contributed by atoms with Gasteiger partial charge in [-0.2, -0.15) is 5.26 Å². The van der Waals surface area contributed by atoms with Crippen LogP contribution in [-0.4, -0.2) is 24.7 Å². The van der Waals surface area contributed by atoms with Gasteiger partial charge in [0.15, 0.2) is 0 Å². The van der Waals surface area contributed by atoms with Gasteiger partial charge in [-0.3, -0.25) is 9.36 Å².